The predicted molar refractivity (Wildman–Crippen MR) is 72.9 cm³/mol. The highest BCUT2D eigenvalue weighted by Gasteiger charge is 2.24. The van der Waals surface area contributed by atoms with E-state index in [9.17, 15) is 8.42 Å². The van der Waals surface area contributed by atoms with Gasteiger partial charge in [-0.2, -0.15) is 0 Å². The van der Waals surface area contributed by atoms with Gasteiger partial charge in [0.2, 0.25) is 0 Å². The summed E-state index contributed by atoms with van der Waals surface area (Å²) in [5, 5.41) is 1.03. The highest BCUT2D eigenvalue weighted by molar-refractivity contribution is 9.11. The molecule has 0 saturated carbocycles. The molecule has 0 radical (unpaired) electrons. The first-order chi connectivity index (χ1) is 7.94. The van der Waals surface area contributed by atoms with Crippen molar-refractivity contribution in [1.82, 2.24) is 9.88 Å². The molecule has 1 aromatic heterocycles. The number of halogens is 1. The summed E-state index contributed by atoms with van der Waals surface area (Å²) in [5.41, 5.74) is 0. The third kappa shape index (κ3) is 4.01. The maximum absolute atomic E-state index is 11.6. The normalized spacial score (nSPS) is 25.6. The summed E-state index contributed by atoms with van der Waals surface area (Å²) in [7, 11) is -2.86. The van der Waals surface area contributed by atoms with E-state index in [4.69, 9.17) is 0 Å². The van der Waals surface area contributed by atoms with E-state index in [1.54, 1.807) is 17.5 Å². The first kappa shape index (κ1) is 13.5. The lowest BCUT2D eigenvalue weighted by molar-refractivity contribution is 0.256. The fourth-order valence-corrected chi connectivity index (χ4v) is 5.09. The van der Waals surface area contributed by atoms with Gasteiger partial charge >= 0.3 is 0 Å². The van der Waals surface area contributed by atoms with Crippen LogP contribution in [0.25, 0.3) is 0 Å². The molecule has 17 heavy (non-hydrogen) atoms. The zero-order chi connectivity index (χ0) is 12.5. The molecule has 0 amide bonds. The largest absolute Gasteiger partial charge is 0.295 e. The second kappa shape index (κ2) is 5.34. The van der Waals surface area contributed by atoms with Gasteiger partial charge in [0.1, 0.15) is 5.01 Å². The molecule has 1 aromatic rings. The second-order valence-electron chi connectivity index (χ2n) is 4.51. The summed E-state index contributed by atoms with van der Waals surface area (Å²) in [5.74, 6) is 0.778. The van der Waals surface area contributed by atoms with Crippen LogP contribution in [0, 0.1) is 5.92 Å². The Bertz CT molecular complexity index is 486. The average molecular weight is 339 g/mol. The minimum absolute atomic E-state index is 0.200. The van der Waals surface area contributed by atoms with Crippen LogP contribution in [0.5, 0.6) is 0 Å². The molecule has 1 aliphatic rings. The molecule has 7 heteroatoms. The van der Waals surface area contributed by atoms with Gasteiger partial charge in [0.25, 0.3) is 0 Å². The standard InChI is InChI=1S/C10H15BrN2O2S2/c1-8-5-13(2-3-17(14,15)7-8)6-10-12-4-9(11)16-10/h4,8H,2-3,5-7H2,1H3. The smallest absolute Gasteiger partial charge is 0.151 e. The number of hydrogen-bond donors (Lipinski definition) is 0. The van der Waals surface area contributed by atoms with Crippen molar-refractivity contribution in [1.29, 1.82) is 0 Å². The van der Waals surface area contributed by atoms with E-state index in [1.165, 1.54) is 0 Å². The lowest BCUT2D eigenvalue weighted by Crippen LogP contribution is -2.28. The number of aromatic nitrogens is 1. The molecule has 0 aliphatic carbocycles. The Kier molecular flexibility index (Phi) is 4.22. The van der Waals surface area contributed by atoms with E-state index < -0.39 is 9.84 Å². The van der Waals surface area contributed by atoms with E-state index in [0.717, 1.165) is 21.9 Å². The molecule has 0 spiro atoms. The van der Waals surface area contributed by atoms with Crippen LogP contribution in [-0.2, 0) is 16.4 Å². The van der Waals surface area contributed by atoms with Crippen molar-refractivity contribution in [3.8, 4) is 0 Å². The maximum Gasteiger partial charge on any atom is 0.151 e. The van der Waals surface area contributed by atoms with Crippen LogP contribution >= 0.6 is 27.3 Å². The number of hydrogen-bond acceptors (Lipinski definition) is 5. The molecule has 96 valence electrons. The van der Waals surface area contributed by atoms with Gasteiger partial charge in [-0.1, -0.05) is 6.92 Å². The Morgan fingerprint density at radius 2 is 2.41 bits per heavy atom. The molecular formula is C10H15BrN2O2S2. The number of sulfone groups is 1. The van der Waals surface area contributed by atoms with Crippen LogP contribution in [0.1, 0.15) is 11.9 Å². The van der Waals surface area contributed by atoms with Gasteiger partial charge in [0.15, 0.2) is 9.84 Å². The van der Waals surface area contributed by atoms with Crippen LogP contribution < -0.4 is 0 Å². The van der Waals surface area contributed by atoms with Crippen LogP contribution in [0.15, 0.2) is 9.98 Å². The number of thiazole rings is 1. The lowest BCUT2D eigenvalue weighted by atomic mass is 10.2. The minimum Gasteiger partial charge on any atom is -0.295 e. The molecule has 4 nitrogen and oxygen atoms in total. The van der Waals surface area contributed by atoms with Crippen molar-refractivity contribution in [2.75, 3.05) is 24.6 Å². The molecule has 0 bridgehead atoms. The second-order valence-corrected chi connectivity index (χ2v) is 9.24. The van der Waals surface area contributed by atoms with Gasteiger partial charge in [-0.25, -0.2) is 13.4 Å². The summed E-state index contributed by atoms with van der Waals surface area (Å²) in [4.78, 5) is 6.46. The topological polar surface area (TPSA) is 50.3 Å². The van der Waals surface area contributed by atoms with E-state index >= 15 is 0 Å². The minimum atomic E-state index is -2.86. The zero-order valence-electron chi connectivity index (χ0n) is 9.60. The van der Waals surface area contributed by atoms with Crippen LogP contribution in [-0.4, -0.2) is 42.9 Å². The average Bonchev–Trinajstić information content (AvgIpc) is 2.53. The van der Waals surface area contributed by atoms with Crippen molar-refractivity contribution in [3.05, 3.63) is 15.0 Å². The number of rotatable bonds is 2. The first-order valence-electron chi connectivity index (χ1n) is 5.47. The molecule has 0 N–H and O–H groups in total. The van der Waals surface area contributed by atoms with Crippen molar-refractivity contribution < 1.29 is 8.42 Å². The molecule has 2 rings (SSSR count). The van der Waals surface area contributed by atoms with Gasteiger partial charge < -0.3 is 0 Å². The maximum atomic E-state index is 11.6. The predicted octanol–water partition coefficient (Wildman–Crippen LogP) is 1.77. The molecule has 1 fully saturated rings. The fraction of sp³-hybridized carbons (Fsp3) is 0.700. The summed E-state index contributed by atoms with van der Waals surface area (Å²) in [6.07, 6.45) is 1.79. The Hall–Kier alpha value is 0.0200. The Morgan fingerprint density at radius 3 is 3.06 bits per heavy atom. The Morgan fingerprint density at radius 1 is 1.65 bits per heavy atom. The van der Waals surface area contributed by atoms with E-state index in [1.807, 2.05) is 6.92 Å². The summed E-state index contributed by atoms with van der Waals surface area (Å²) in [6, 6.07) is 0. The van der Waals surface area contributed by atoms with Gasteiger partial charge in [0, 0.05) is 13.1 Å². The quantitative estimate of drug-likeness (QED) is 0.824. The van der Waals surface area contributed by atoms with Crippen LogP contribution in [0.2, 0.25) is 0 Å². The van der Waals surface area contributed by atoms with Gasteiger partial charge in [-0.15, -0.1) is 11.3 Å². The molecule has 0 aromatic carbocycles. The van der Waals surface area contributed by atoms with Crippen molar-refractivity contribution >= 4 is 37.1 Å². The Labute approximate surface area is 114 Å². The zero-order valence-corrected chi connectivity index (χ0v) is 12.8. The van der Waals surface area contributed by atoms with Gasteiger partial charge in [-0.05, 0) is 21.8 Å². The van der Waals surface area contributed by atoms with E-state index in [-0.39, 0.29) is 11.7 Å². The summed E-state index contributed by atoms with van der Waals surface area (Å²) in [6.45, 7) is 4.18. The van der Waals surface area contributed by atoms with E-state index in [0.29, 0.717) is 12.3 Å². The van der Waals surface area contributed by atoms with Crippen LogP contribution in [0.3, 0.4) is 0 Å². The van der Waals surface area contributed by atoms with Gasteiger partial charge in [0.05, 0.1) is 28.0 Å². The molecular weight excluding hydrogens is 324 g/mol. The van der Waals surface area contributed by atoms with Crippen molar-refractivity contribution in [2.45, 2.75) is 13.5 Å². The molecule has 1 unspecified atom stereocenters. The highest BCUT2D eigenvalue weighted by Crippen LogP contribution is 2.21. The van der Waals surface area contributed by atoms with Crippen molar-refractivity contribution in [2.24, 2.45) is 5.92 Å². The van der Waals surface area contributed by atoms with Gasteiger partial charge in [-0.3, -0.25) is 4.90 Å². The molecule has 2 heterocycles. The highest BCUT2D eigenvalue weighted by atomic mass is 79.9. The van der Waals surface area contributed by atoms with Crippen molar-refractivity contribution in [3.63, 3.8) is 0 Å². The third-order valence-corrected chi connectivity index (χ3v) is 6.05. The van der Waals surface area contributed by atoms with Crippen LogP contribution in [0.4, 0.5) is 0 Å². The summed E-state index contributed by atoms with van der Waals surface area (Å²) >= 11 is 4.99. The number of nitrogens with zero attached hydrogens (tertiary/aromatic N) is 2. The summed E-state index contributed by atoms with van der Waals surface area (Å²) < 4.78 is 24.3. The lowest BCUT2D eigenvalue weighted by Gasteiger charge is -2.19. The molecule has 1 saturated heterocycles. The molecule has 1 aliphatic heterocycles. The SMILES string of the molecule is CC1CN(Cc2ncc(Br)s2)CCS(=O)(=O)C1. The first-order valence-corrected chi connectivity index (χ1v) is 8.91. The third-order valence-electron chi connectivity index (χ3n) is 2.71. The Balaban J connectivity index is 2.02. The monoisotopic (exact) mass is 338 g/mol. The van der Waals surface area contributed by atoms with E-state index in [2.05, 4.69) is 25.8 Å². The molecule has 1 atom stereocenters. The fourth-order valence-electron chi connectivity index (χ4n) is 2.07.